The molecule has 1 saturated heterocycles. The van der Waals surface area contributed by atoms with Gasteiger partial charge in [-0.3, -0.25) is 9.69 Å². The maximum Gasteiger partial charge on any atom is 0.255 e. The number of benzene rings is 1. The molecule has 0 unspecified atom stereocenters. The van der Waals surface area contributed by atoms with Gasteiger partial charge >= 0.3 is 0 Å². The molecule has 1 aromatic carbocycles. The molecule has 1 aliphatic heterocycles. The summed E-state index contributed by atoms with van der Waals surface area (Å²) in [6.45, 7) is 7.77. The zero-order chi connectivity index (χ0) is 19.7. The number of aryl methyl sites for hydroxylation is 1. The van der Waals surface area contributed by atoms with Crippen LogP contribution in [0.3, 0.4) is 0 Å². The molecule has 0 spiro atoms. The molecule has 0 atom stereocenters. The monoisotopic (exact) mass is 381 g/mol. The number of carbonyl (C=O) groups is 1. The summed E-state index contributed by atoms with van der Waals surface area (Å²) in [5, 5.41) is 0. The SMILES string of the molecule is COc1cccc(-n2c(C)cc(C(=O)N3CCN(C4CCCC4)CC3)c2C)c1. The Morgan fingerprint density at radius 2 is 1.75 bits per heavy atom. The Morgan fingerprint density at radius 1 is 1.04 bits per heavy atom. The molecule has 5 heteroatoms. The standard InChI is InChI=1S/C23H31N3O2/c1-17-15-22(18(2)26(17)20-9-6-10-21(16-20)28-3)23(27)25-13-11-24(12-14-25)19-7-4-5-8-19/h6,9-10,15-16,19H,4-5,7-8,11-14H2,1-3H3. The fraction of sp³-hybridized carbons (Fsp3) is 0.522. The maximum atomic E-state index is 13.2. The van der Waals surface area contributed by atoms with Crippen LogP contribution in [0.1, 0.15) is 47.4 Å². The van der Waals surface area contributed by atoms with Crippen LogP contribution >= 0.6 is 0 Å². The van der Waals surface area contributed by atoms with Crippen molar-refractivity contribution in [3.05, 3.63) is 47.3 Å². The van der Waals surface area contributed by atoms with Crippen molar-refractivity contribution in [2.45, 2.75) is 45.6 Å². The highest BCUT2D eigenvalue weighted by atomic mass is 16.5. The number of piperazine rings is 1. The van der Waals surface area contributed by atoms with Crippen LogP contribution in [0.4, 0.5) is 0 Å². The molecule has 28 heavy (non-hydrogen) atoms. The Balaban J connectivity index is 1.51. The van der Waals surface area contributed by atoms with Gasteiger partial charge in [0.15, 0.2) is 0 Å². The molecule has 4 rings (SSSR count). The molecule has 0 radical (unpaired) electrons. The van der Waals surface area contributed by atoms with Gasteiger partial charge in [-0.05, 0) is 44.9 Å². The van der Waals surface area contributed by atoms with Gasteiger partial charge in [-0.2, -0.15) is 0 Å². The molecule has 1 amide bonds. The van der Waals surface area contributed by atoms with Crippen LogP contribution < -0.4 is 4.74 Å². The minimum atomic E-state index is 0.160. The third-order valence-electron chi connectivity index (χ3n) is 6.42. The van der Waals surface area contributed by atoms with Crippen LogP contribution in [-0.2, 0) is 0 Å². The van der Waals surface area contributed by atoms with Crippen molar-refractivity contribution in [1.29, 1.82) is 0 Å². The third-order valence-corrected chi connectivity index (χ3v) is 6.42. The van der Waals surface area contributed by atoms with Gasteiger partial charge in [-0.25, -0.2) is 0 Å². The molecular formula is C23H31N3O2. The van der Waals surface area contributed by atoms with Gasteiger partial charge in [0, 0.05) is 55.4 Å². The van der Waals surface area contributed by atoms with E-state index in [1.165, 1.54) is 25.7 Å². The second kappa shape index (κ2) is 8.00. The summed E-state index contributed by atoms with van der Waals surface area (Å²) >= 11 is 0. The molecule has 1 aliphatic carbocycles. The summed E-state index contributed by atoms with van der Waals surface area (Å²) in [6, 6.07) is 10.8. The first-order valence-electron chi connectivity index (χ1n) is 10.4. The average Bonchev–Trinajstić information content (AvgIpc) is 3.36. The number of methoxy groups -OCH3 is 1. The Bertz CT molecular complexity index is 844. The lowest BCUT2D eigenvalue weighted by Crippen LogP contribution is -2.51. The number of rotatable bonds is 4. The number of nitrogens with zero attached hydrogens (tertiary/aromatic N) is 3. The van der Waals surface area contributed by atoms with Gasteiger partial charge in [0.1, 0.15) is 5.75 Å². The van der Waals surface area contributed by atoms with E-state index in [9.17, 15) is 4.79 Å². The highest BCUT2D eigenvalue weighted by molar-refractivity contribution is 5.96. The predicted octanol–water partition coefficient (Wildman–Crippen LogP) is 3.80. The van der Waals surface area contributed by atoms with Crippen LogP contribution in [0.15, 0.2) is 30.3 Å². The second-order valence-electron chi connectivity index (χ2n) is 8.09. The van der Waals surface area contributed by atoms with Crippen molar-refractivity contribution < 1.29 is 9.53 Å². The van der Waals surface area contributed by atoms with Crippen LogP contribution in [0.2, 0.25) is 0 Å². The molecule has 1 saturated carbocycles. The van der Waals surface area contributed by atoms with Crippen molar-refractivity contribution in [3.8, 4) is 11.4 Å². The molecule has 2 aliphatic rings. The van der Waals surface area contributed by atoms with E-state index in [0.29, 0.717) is 0 Å². The van der Waals surface area contributed by atoms with Crippen molar-refractivity contribution >= 4 is 5.91 Å². The molecule has 1 aromatic heterocycles. The Hall–Kier alpha value is -2.27. The molecule has 2 fully saturated rings. The maximum absolute atomic E-state index is 13.2. The number of aromatic nitrogens is 1. The number of hydrogen-bond acceptors (Lipinski definition) is 3. The van der Waals surface area contributed by atoms with Crippen LogP contribution in [0, 0.1) is 13.8 Å². The second-order valence-corrected chi connectivity index (χ2v) is 8.09. The Labute approximate surface area is 167 Å². The summed E-state index contributed by atoms with van der Waals surface area (Å²) in [5.74, 6) is 0.981. The van der Waals surface area contributed by atoms with Crippen molar-refractivity contribution in [1.82, 2.24) is 14.4 Å². The minimum absolute atomic E-state index is 0.160. The van der Waals surface area contributed by atoms with E-state index in [2.05, 4.69) is 22.5 Å². The molecule has 2 aromatic rings. The van der Waals surface area contributed by atoms with Gasteiger partial charge in [0.05, 0.1) is 12.7 Å². The third kappa shape index (κ3) is 3.55. The molecule has 150 valence electrons. The van der Waals surface area contributed by atoms with Crippen LogP contribution in [0.5, 0.6) is 5.75 Å². The summed E-state index contributed by atoms with van der Waals surface area (Å²) in [7, 11) is 1.68. The number of ether oxygens (including phenoxy) is 1. The molecule has 0 bridgehead atoms. The van der Waals surface area contributed by atoms with Crippen LogP contribution in [-0.4, -0.2) is 59.6 Å². The first-order valence-corrected chi connectivity index (χ1v) is 10.4. The van der Waals surface area contributed by atoms with E-state index in [-0.39, 0.29) is 5.91 Å². The van der Waals surface area contributed by atoms with Gasteiger partial charge < -0.3 is 14.2 Å². The highest BCUT2D eigenvalue weighted by Gasteiger charge is 2.29. The summed E-state index contributed by atoms with van der Waals surface area (Å²) in [5.41, 5.74) is 3.90. The minimum Gasteiger partial charge on any atom is -0.497 e. The number of amides is 1. The lowest BCUT2D eigenvalue weighted by atomic mass is 10.1. The fourth-order valence-corrected chi connectivity index (χ4v) is 4.86. The zero-order valence-electron chi connectivity index (χ0n) is 17.3. The van der Waals surface area contributed by atoms with Crippen molar-refractivity contribution in [2.24, 2.45) is 0 Å². The first-order chi connectivity index (χ1) is 13.6. The topological polar surface area (TPSA) is 37.7 Å². The summed E-state index contributed by atoms with van der Waals surface area (Å²) in [4.78, 5) is 17.9. The summed E-state index contributed by atoms with van der Waals surface area (Å²) in [6.07, 6.45) is 5.38. The largest absolute Gasteiger partial charge is 0.497 e. The summed E-state index contributed by atoms with van der Waals surface area (Å²) < 4.78 is 7.51. The van der Waals surface area contributed by atoms with Crippen molar-refractivity contribution in [2.75, 3.05) is 33.3 Å². The predicted molar refractivity (Wildman–Crippen MR) is 112 cm³/mol. The van der Waals surface area contributed by atoms with Crippen molar-refractivity contribution in [3.63, 3.8) is 0 Å². The zero-order valence-corrected chi connectivity index (χ0v) is 17.3. The fourth-order valence-electron chi connectivity index (χ4n) is 4.86. The van der Waals surface area contributed by atoms with E-state index >= 15 is 0 Å². The Kier molecular flexibility index (Phi) is 5.44. The Morgan fingerprint density at radius 3 is 2.43 bits per heavy atom. The lowest BCUT2D eigenvalue weighted by Gasteiger charge is -2.38. The average molecular weight is 382 g/mol. The van der Waals surface area contributed by atoms with Gasteiger partial charge in [-0.1, -0.05) is 18.9 Å². The smallest absolute Gasteiger partial charge is 0.255 e. The van der Waals surface area contributed by atoms with E-state index in [0.717, 1.165) is 60.6 Å². The van der Waals surface area contributed by atoms with Gasteiger partial charge in [-0.15, -0.1) is 0 Å². The van der Waals surface area contributed by atoms with Crippen LogP contribution in [0.25, 0.3) is 5.69 Å². The molecule has 0 N–H and O–H groups in total. The number of hydrogen-bond donors (Lipinski definition) is 0. The van der Waals surface area contributed by atoms with Gasteiger partial charge in [0.25, 0.3) is 5.91 Å². The highest BCUT2D eigenvalue weighted by Crippen LogP contribution is 2.27. The lowest BCUT2D eigenvalue weighted by molar-refractivity contribution is 0.0572. The van der Waals surface area contributed by atoms with E-state index in [1.807, 2.05) is 36.1 Å². The van der Waals surface area contributed by atoms with Gasteiger partial charge in [0.2, 0.25) is 0 Å². The molecular weight excluding hydrogens is 350 g/mol. The first kappa shape index (κ1) is 19.1. The normalized spacial score (nSPS) is 18.6. The molecule has 2 heterocycles. The quantitative estimate of drug-likeness (QED) is 0.808. The van der Waals surface area contributed by atoms with E-state index < -0.39 is 0 Å². The molecule has 5 nitrogen and oxygen atoms in total. The van der Waals surface area contributed by atoms with E-state index in [1.54, 1.807) is 7.11 Å². The number of carbonyl (C=O) groups excluding carboxylic acids is 1. The van der Waals surface area contributed by atoms with E-state index in [4.69, 9.17) is 4.74 Å².